The van der Waals surface area contributed by atoms with Gasteiger partial charge in [0.2, 0.25) is 11.9 Å². The molecule has 1 saturated carbocycles. The quantitative estimate of drug-likeness (QED) is 0.692. The average molecular weight is 416 g/mol. The molecule has 2 aliphatic rings. The van der Waals surface area contributed by atoms with Gasteiger partial charge in [0.05, 0.1) is 18.6 Å². The number of nitrogens with one attached hydrogen (secondary N) is 1. The summed E-state index contributed by atoms with van der Waals surface area (Å²) >= 11 is 1.46. The van der Waals surface area contributed by atoms with E-state index in [0.29, 0.717) is 23.2 Å². The van der Waals surface area contributed by atoms with E-state index in [4.69, 9.17) is 4.74 Å². The molecule has 0 bridgehead atoms. The van der Waals surface area contributed by atoms with Gasteiger partial charge < -0.3 is 15.0 Å². The number of methoxy groups -OCH3 is 1. The van der Waals surface area contributed by atoms with Crippen LogP contribution in [-0.4, -0.2) is 46.6 Å². The molecule has 7 nitrogen and oxygen atoms in total. The van der Waals surface area contributed by atoms with E-state index in [0.717, 1.165) is 48.5 Å². The van der Waals surface area contributed by atoms with Gasteiger partial charge in [0, 0.05) is 19.1 Å². The number of amides is 1. The van der Waals surface area contributed by atoms with Gasteiger partial charge in [0.15, 0.2) is 5.16 Å². The van der Waals surface area contributed by atoms with E-state index < -0.39 is 0 Å². The number of aromatic nitrogens is 3. The number of nitrogens with zero attached hydrogens (tertiary/aromatic N) is 4. The van der Waals surface area contributed by atoms with Gasteiger partial charge in [-0.2, -0.15) is 0 Å². The smallest absolute Gasteiger partial charge is 0.234 e. The first-order chi connectivity index (χ1) is 14.0. The zero-order valence-corrected chi connectivity index (χ0v) is 18.2. The van der Waals surface area contributed by atoms with Crippen LogP contribution < -0.4 is 15.0 Å². The summed E-state index contributed by atoms with van der Waals surface area (Å²) in [4.78, 5) is 14.9. The lowest BCUT2D eigenvalue weighted by Gasteiger charge is -2.31. The third kappa shape index (κ3) is 4.69. The largest absolute Gasteiger partial charge is 0.495 e. The third-order valence-electron chi connectivity index (χ3n) is 5.59. The van der Waals surface area contributed by atoms with Crippen molar-refractivity contribution < 1.29 is 9.53 Å². The molecule has 1 aromatic heterocycles. The van der Waals surface area contributed by atoms with Crippen molar-refractivity contribution in [1.29, 1.82) is 0 Å². The number of aryl methyl sites for hydroxylation is 1. The molecular weight excluding hydrogens is 386 g/mol. The van der Waals surface area contributed by atoms with Crippen molar-refractivity contribution in [2.45, 2.75) is 50.7 Å². The Labute approximate surface area is 176 Å². The minimum Gasteiger partial charge on any atom is -0.495 e. The van der Waals surface area contributed by atoms with Crippen LogP contribution in [0, 0.1) is 12.8 Å². The molecule has 4 rings (SSSR count). The van der Waals surface area contributed by atoms with Crippen LogP contribution in [0.3, 0.4) is 0 Å². The van der Waals surface area contributed by atoms with Crippen LogP contribution in [0.2, 0.25) is 0 Å². The van der Waals surface area contributed by atoms with Crippen molar-refractivity contribution in [1.82, 2.24) is 14.8 Å². The van der Waals surface area contributed by atoms with Gasteiger partial charge in [-0.3, -0.25) is 9.36 Å². The predicted octanol–water partition coefficient (Wildman–Crippen LogP) is 3.90. The summed E-state index contributed by atoms with van der Waals surface area (Å²) in [6, 6.07) is 6.23. The minimum atomic E-state index is -0.0717. The van der Waals surface area contributed by atoms with Crippen LogP contribution in [-0.2, 0) is 4.79 Å². The van der Waals surface area contributed by atoms with Crippen molar-refractivity contribution in [2.24, 2.45) is 5.92 Å². The Balaban J connectivity index is 1.42. The fraction of sp³-hybridized carbons (Fsp3) is 0.571. The van der Waals surface area contributed by atoms with Crippen molar-refractivity contribution in [3.8, 4) is 5.75 Å². The van der Waals surface area contributed by atoms with E-state index in [1.807, 2.05) is 25.1 Å². The fourth-order valence-corrected chi connectivity index (χ4v) is 4.48. The zero-order valence-electron chi connectivity index (χ0n) is 17.4. The molecule has 0 unspecified atom stereocenters. The van der Waals surface area contributed by atoms with Crippen LogP contribution in [0.5, 0.6) is 5.75 Å². The van der Waals surface area contributed by atoms with Crippen LogP contribution in [0.4, 0.5) is 11.6 Å². The summed E-state index contributed by atoms with van der Waals surface area (Å²) in [5.74, 6) is 2.63. The first kappa shape index (κ1) is 20.1. The van der Waals surface area contributed by atoms with Gasteiger partial charge in [0.1, 0.15) is 5.75 Å². The second-order valence-corrected chi connectivity index (χ2v) is 9.04. The van der Waals surface area contributed by atoms with E-state index in [9.17, 15) is 4.79 Å². The van der Waals surface area contributed by atoms with Crippen LogP contribution >= 0.6 is 11.8 Å². The van der Waals surface area contributed by atoms with Gasteiger partial charge in [0.25, 0.3) is 0 Å². The zero-order chi connectivity index (χ0) is 20.4. The Morgan fingerprint density at radius 2 is 2.00 bits per heavy atom. The van der Waals surface area contributed by atoms with Gasteiger partial charge in [-0.05, 0) is 56.2 Å². The van der Waals surface area contributed by atoms with Crippen LogP contribution in [0.25, 0.3) is 0 Å². The van der Waals surface area contributed by atoms with Crippen LogP contribution in [0.1, 0.15) is 44.2 Å². The number of ether oxygens (including phenoxy) is 1. The summed E-state index contributed by atoms with van der Waals surface area (Å²) in [6.45, 7) is 6.37. The molecule has 1 aliphatic carbocycles. The Hall–Kier alpha value is -2.22. The standard InChI is InChI=1S/C21H29N5O2S/c1-14-8-10-25(11-9-14)20-23-24-21(26(20)16-5-6-16)29-13-19(27)22-17-12-15(2)4-7-18(17)28-3/h4,7,12,14,16H,5-6,8-11,13H2,1-3H3,(H,22,27). The second kappa shape index (κ2) is 8.65. The maximum Gasteiger partial charge on any atom is 0.234 e. The van der Waals surface area contributed by atoms with E-state index in [2.05, 4.69) is 31.9 Å². The third-order valence-corrected chi connectivity index (χ3v) is 6.53. The number of hydrogen-bond acceptors (Lipinski definition) is 6. The summed E-state index contributed by atoms with van der Waals surface area (Å²) in [6.07, 6.45) is 4.71. The number of carbonyl (C=O) groups is 1. The lowest BCUT2D eigenvalue weighted by atomic mass is 10.00. The molecule has 1 saturated heterocycles. The van der Waals surface area contributed by atoms with Gasteiger partial charge >= 0.3 is 0 Å². The van der Waals surface area contributed by atoms with Crippen molar-refractivity contribution >= 4 is 29.3 Å². The SMILES string of the molecule is COc1ccc(C)cc1NC(=O)CSc1nnc(N2CCC(C)CC2)n1C1CC1. The topological polar surface area (TPSA) is 72.3 Å². The van der Waals surface area contributed by atoms with E-state index in [1.165, 1.54) is 24.6 Å². The fourth-order valence-electron chi connectivity index (χ4n) is 3.68. The summed E-state index contributed by atoms with van der Waals surface area (Å²) in [7, 11) is 1.61. The maximum atomic E-state index is 12.6. The highest BCUT2D eigenvalue weighted by molar-refractivity contribution is 7.99. The molecule has 0 spiro atoms. The lowest BCUT2D eigenvalue weighted by Crippen LogP contribution is -2.34. The van der Waals surface area contributed by atoms with Crippen LogP contribution in [0.15, 0.2) is 23.4 Å². The van der Waals surface area contributed by atoms with Crippen molar-refractivity contribution in [3.05, 3.63) is 23.8 Å². The summed E-state index contributed by atoms with van der Waals surface area (Å²) < 4.78 is 7.60. The maximum absolute atomic E-state index is 12.6. The van der Waals surface area contributed by atoms with Gasteiger partial charge in [-0.25, -0.2) is 0 Å². The van der Waals surface area contributed by atoms with E-state index >= 15 is 0 Å². The van der Waals surface area contributed by atoms with E-state index in [-0.39, 0.29) is 5.91 Å². The highest BCUT2D eigenvalue weighted by Crippen LogP contribution is 2.41. The highest BCUT2D eigenvalue weighted by atomic mass is 32.2. The average Bonchev–Trinajstić information content (AvgIpc) is 3.46. The molecule has 1 aliphatic heterocycles. The molecule has 2 aromatic rings. The number of rotatable bonds is 7. The van der Waals surface area contributed by atoms with Crippen molar-refractivity contribution in [3.63, 3.8) is 0 Å². The Morgan fingerprint density at radius 3 is 2.69 bits per heavy atom. The first-order valence-corrected chi connectivity index (χ1v) is 11.3. The number of anilines is 2. The molecule has 29 heavy (non-hydrogen) atoms. The number of thioether (sulfide) groups is 1. The lowest BCUT2D eigenvalue weighted by molar-refractivity contribution is -0.113. The molecule has 8 heteroatoms. The minimum absolute atomic E-state index is 0.0717. The monoisotopic (exact) mass is 415 g/mol. The second-order valence-electron chi connectivity index (χ2n) is 8.09. The Bertz CT molecular complexity index is 872. The van der Waals surface area contributed by atoms with Gasteiger partial charge in [-0.15, -0.1) is 10.2 Å². The van der Waals surface area contributed by atoms with Gasteiger partial charge in [-0.1, -0.05) is 24.8 Å². The summed E-state index contributed by atoms with van der Waals surface area (Å²) in [5.41, 5.74) is 1.77. The molecule has 0 atom stereocenters. The molecule has 2 heterocycles. The molecule has 1 amide bonds. The molecule has 2 fully saturated rings. The number of benzene rings is 1. The molecular formula is C21H29N5O2S. The molecule has 156 valence electrons. The Morgan fingerprint density at radius 1 is 1.24 bits per heavy atom. The number of hydrogen-bond donors (Lipinski definition) is 1. The molecule has 0 radical (unpaired) electrons. The van der Waals surface area contributed by atoms with Crippen molar-refractivity contribution in [2.75, 3.05) is 36.2 Å². The predicted molar refractivity (Wildman–Crippen MR) is 116 cm³/mol. The number of piperidine rings is 1. The summed E-state index contributed by atoms with van der Waals surface area (Å²) in [5, 5.41) is 12.7. The highest BCUT2D eigenvalue weighted by Gasteiger charge is 2.32. The normalized spacial score (nSPS) is 17.4. The van der Waals surface area contributed by atoms with E-state index in [1.54, 1.807) is 7.11 Å². The number of carbonyl (C=O) groups excluding carboxylic acids is 1. The molecule has 1 N–H and O–H groups in total. The molecule has 1 aromatic carbocycles. The Kier molecular flexibility index (Phi) is 5.99. The first-order valence-electron chi connectivity index (χ1n) is 10.3.